The summed E-state index contributed by atoms with van der Waals surface area (Å²) < 4.78 is 0. The Morgan fingerprint density at radius 1 is 1.25 bits per heavy atom. The van der Waals surface area contributed by atoms with Gasteiger partial charge in [0.1, 0.15) is 0 Å². The Hall–Kier alpha value is -0.0800. The van der Waals surface area contributed by atoms with Crippen LogP contribution in [0.15, 0.2) is 0 Å². The molecule has 0 amide bonds. The fourth-order valence-electron chi connectivity index (χ4n) is 3.32. The average molecular weight is 226 g/mol. The van der Waals surface area contributed by atoms with Crippen LogP contribution in [0.3, 0.4) is 0 Å². The van der Waals surface area contributed by atoms with Crippen LogP contribution in [-0.4, -0.2) is 6.04 Å². The molecule has 0 aromatic heterocycles. The summed E-state index contributed by atoms with van der Waals surface area (Å²) in [5.41, 5.74) is 3.09. The third kappa shape index (κ3) is 3.46. The quantitative estimate of drug-likeness (QED) is 0.557. The lowest BCUT2D eigenvalue weighted by atomic mass is 9.71. The molecule has 96 valence electrons. The zero-order chi connectivity index (χ0) is 12.1. The molecule has 2 nitrogen and oxygen atoms in total. The Morgan fingerprint density at radius 3 is 2.44 bits per heavy atom. The summed E-state index contributed by atoms with van der Waals surface area (Å²) in [4.78, 5) is 0. The molecule has 1 aliphatic rings. The SMILES string of the molecule is CCCC(C)C(NN)C1CCC(C)C(C)C1. The van der Waals surface area contributed by atoms with Crippen molar-refractivity contribution >= 4 is 0 Å². The first kappa shape index (κ1) is 14.0. The molecular weight excluding hydrogens is 196 g/mol. The van der Waals surface area contributed by atoms with E-state index < -0.39 is 0 Å². The van der Waals surface area contributed by atoms with E-state index >= 15 is 0 Å². The fraction of sp³-hybridized carbons (Fsp3) is 1.00. The van der Waals surface area contributed by atoms with Crippen molar-refractivity contribution in [2.75, 3.05) is 0 Å². The summed E-state index contributed by atoms with van der Waals surface area (Å²) in [5, 5.41) is 0. The van der Waals surface area contributed by atoms with Crippen molar-refractivity contribution in [3.8, 4) is 0 Å². The molecule has 1 fully saturated rings. The molecule has 1 aliphatic carbocycles. The zero-order valence-electron chi connectivity index (χ0n) is 11.5. The maximum Gasteiger partial charge on any atom is 0.0264 e. The lowest BCUT2D eigenvalue weighted by molar-refractivity contribution is 0.142. The first-order valence-electron chi connectivity index (χ1n) is 7.06. The van der Waals surface area contributed by atoms with Crippen LogP contribution in [0.4, 0.5) is 0 Å². The van der Waals surface area contributed by atoms with E-state index in [1.807, 2.05) is 0 Å². The fourth-order valence-corrected chi connectivity index (χ4v) is 3.32. The van der Waals surface area contributed by atoms with Crippen LogP contribution in [0, 0.1) is 23.7 Å². The molecule has 5 unspecified atom stereocenters. The lowest BCUT2D eigenvalue weighted by Crippen LogP contribution is -2.47. The molecule has 16 heavy (non-hydrogen) atoms. The van der Waals surface area contributed by atoms with E-state index in [1.165, 1.54) is 32.1 Å². The number of hydrogen-bond donors (Lipinski definition) is 2. The van der Waals surface area contributed by atoms with Gasteiger partial charge in [0.15, 0.2) is 0 Å². The van der Waals surface area contributed by atoms with Crippen molar-refractivity contribution in [2.24, 2.45) is 29.5 Å². The van der Waals surface area contributed by atoms with Crippen LogP contribution in [0.1, 0.15) is 59.8 Å². The third-order valence-corrected chi connectivity index (χ3v) is 4.70. The van der Waals surface area contributed by atoms with Gasteiger partial charge < -0.3 is 0 Å². The van der Waals surface area contributed by atoms with Crippen LogP contribution in [0.25, 0.3) is 0 Å². The molecule has 5 atom stereocenters. The summed E-state index contributed by atoms with van der Waals surface area (Å²) in [6.07, 6.45) is 6.63. The second-order valence-electron chi connectivity index (χ2n) is 5.99. The molecule has 0 aromatic carbocycles. The predicted octanol–water partition coefficient (Wildman–Crippen LogP) is 3.33. The van der Waals surface area contributed by atoms with E-state index in [1.54, 1.807) is 0 Å². The molecule has 2 heteroatoms. The Kier molecular flexibility index (Phi) is 5.77. The minimum absolute atomic E-state index is 0.523. The maximum absolute atomic E-state index is 5.76. The van der Waals surface area contributed by atoms with Crippen molar-refractivity contribution in [3.63, 3.8) is 0 Å². The van der Waals surface area contributed by atoms with Crippen LogP contribution in [-0.2, 0) is 0 Å². The zero-order valence-corrected chi connectivity index (χ0v) is 11.5. The highest BCUT2D eigenvalue weighted by Gasteiger charge is 2.31. The highest BCUT2D eigenvalue weighted by molar-refractivity contribution is 4.85. The molecule has 0 radical (unpaired) electrons. The van der Waals surface area contributed by atoms with Crippen molar-refractivity contribution in [3.05, 3.63) is 0 Å². The Morgan fingerprint density at radius 2 is 1.94 bits per heavy atom. The smallest absolute Gasteiger partial charge is 0.0264 e. The van der Waals surface area contributed by atoms with Gasteiger partial charge >= 0.3 is 0 Å². The molecule has 0 spiro atoms. The van der Waals surface area contributed by atoms with Gasteiger partial charge in [0.2, 0.25) is 0 Å². The van der Waals surface area contributed by atoms with Gasteiger partial charge in [-0.2, -0.15) is 0 Å². The summed E-state index contributed by atoms with van der Waals surface area (Å²) >= 11 is 0. The Bertz CT molecular complexity index is 193. The molecule has 0 aliphatic heterocycles. The van der Waals surface area contributed by atoms with Crippen LogP contribution in [0.5, 0.6) is 0 Å². The van der Waals surface area contributed by atoms with Gasteiger partial charge in [-0.3, -0.25) is 11.3 Å². The standard InChI is InChI=1S/C14H30N2/c1-5-6-11(3)14(16-15)13-8-7-10(2)12(4)9-13/h10-14,16H,5-9,15H2,1-4H3. The highest BCUT2D eigenvalue weighted by Crippen LogP contribution is 2.37. The average Bonchev–Trinajstić information content (AvgIpc) is 2.25. The van der Waals surface area contributed by atoms with Crippen molar-refractivity contribution in [1.29, 1.82) is 0 Å². The monoisotopic (exact) mass is 226 g/mol. The van der Waals surface area contributed by atoms with E-state index in [0.29, 0.717) is 12.0 Å². The van der Waals surface area contributed by atoms with E-state index in [9.17, 15) is 0 Å². The molecule has 0 heterocycles. The largest absolute Gasteiger partial charge is 0.271 e. The number of nitrogens with two attached hydrogens (primary N) is 1. The first-order chi connectivity index (χ1) is 7.60. The van der Waals surface area contributed by atoms with Crippen LogP contribution >= 0.6 is 0 Å². The number of hydrazine groups is 1. The summed E-state index contributed by atoms with van der Waals surface area (Å²) in [5.74, 6) is 9.03. The molecule has 1 rings (SSSR count). The predicted molar refractivity (Wildman–Crippen MR) is 70.9 cm³/mol. The molecule has 1 saturated carbocycles. The van der Waals surface area contributed by atoms with E-state index in [2.05, 4.69) is 33.1 Å². The summed E-state index contributed by atoms with van der Waals surface area (Å²) in [7, 11) is 0. The maximum atomic E-state index is 5.76. The normalized spacial score (nSPS) is 34.7. The van der Waals surface area contributed by atoms with Crippen molar-refractivity contribution in [1.82, 2.24) is 5.43 Å². The minimum atomic E-state index is 0.523. The van der Waals surface area contributed by atoms with Gasteiger partial charge in [0, 0.05) is 6.04 Å². The van der Waals surface area contributed by atoms with Crippen molar-refractivity contribution < 1.29 is 0 Å². The minimum Gasteiger partial charge on any atom is -0.271 e. The second-order valence-corrected chi connectivity index (χ2v) is 5.99. The Labute approximate surface area is 101 Å². The second kappa shape index (κ2) is 6.61. The molecular formula is C14H30N2. The van der Waals surface area contributed by atoms with Crippen LogP contribution in [0.2, 0.25) is 0 Å². The van der Waals surface area contributed by atoms with Gasteiger partial charge in [0.05, 0.1) is 0 Å². The van der Waals surface area contributed by atoms with Crippen molar-refractivity contribution in [2.45, 2.75) is 65.8 Å². The van der Waals surface area contributed by atoms with E-state index in [4.69, 9.17) is 5.84 Å². The highest BCUT2D eigenvalue weighted by atomic mass is 15.2. The first-order valence-corrected chi connectivity index (χ1v) is 7.06. The number of rotatable bonds is 5. The third-order valence-electron chi connectivity index (χ3n) is 4.70. The van der Waals surface area contributed by atoms with Crippen LogP contribution < -0.4 is 11.3 Å². The number of nitrogens with one attached hydrogen (secondary N) is 1. The topological polar surface area (TPSA) is 38.0 Å². The van der Waals surface area contributed by atoms with Gasteiger partial charge in [-0.1, -0.05) is 40.5 Å². The molecule has 3 N–H and O–H groups in total. The molecule has 0 aromatic rings. The van der Waals surface area contributed by atoms with E-state index in [0.717, 1.165) is 17.8 Å². The molecule has 0 saturated heterocycles. The lowest BCUT2D eigenvalue weighted by Gasteiger charge is -2.38. The van der Waals surface area contributed by atoms with E-state index in [-0.39, 0.29) is 0 Å². The van der Waals surface area contributed by atoms with Gasteiger partial charge in [-0.25, -0.2) is 0 Å². The van der Waals surface area contributed by atoms with Gasteiger partial charge in [0.25, 0.3) is 0 Å². The Balaban J connectivity index is 2.53. The summed E-state index contributed by atoms with van der Waals surface area (Å²) in [6.45, 7) is 9.39. The van der Waals surface area contributed by atoms with Gasteiger partial charge in [-0.05, 0) is 42.9 Å². The number of hydrogen-bond acceptors (Lipinski definition) is 2. The summed E-state index contributed by atoms with van der Waals surface area (Å²) in [6, 6.07) is 0.523. The molecule has 0 bridgehead atoms. The van der Waals surface area contributed by atoms with Gasteiger partial charge in [-0.15, -0.1) is 0 Å².